The number of hydrogen-bond donors (Lipinski definition) is 2. The Morgan fingerprint density at radius 2 is 2.00 bits per heavy atom. The van der Waals surface area contributed by atoms with Crippen molar-refractivity contribution in [3.8, 4) is 0 Å². The highest BCUT2D eigenvalue weighted by Gasteiger charge is 2.23. The number of carbonyl (C=O) groups is 1. The summed E-state index contributed by atoms with van der Waals surface area (Å²) < 4.78 is 37.0. The van der Waals surface area contributed by atoms with Crippen LogP contribution in [0.1, 0.15) is 28.2 Å². The van der Waals surface area contributed by atoms with Crippen LogP contribution in [0.15, 0.2) is 29.2 Å². The van der Waals surface area contributed by atoms with Gasteiger partial charge >= 0.3 is 0 Å². The molecular weight excluding hydrogens is 321 g/mol. The highest BCUT2D eigenvalue weighted by Crippen LogP contribution is 2.22. The molecule has 0 aliphatic heterocycles. The zero-order chi connectivity index (χ0) is 16.4. The molecule has 0 unspecified atom stereocenters. The van der Waals surface area contributed by atoms with Crippen LogP contribution >= 0.6 is 0 Å². The molecular formula is C15H16FN3O3S. The smallest absolute Gasteiger partial charge is 0.272 e. The number of nitrogens with zero attached hydrogens (tertiary/aromatic N) is 1. The SMILES string of the molecule is O=C(NCCS(=O)(=O)c1ccc(F)cc1)c1n[nH]c2c1CCC2. The molecule has 0 radical (unpaired) electrons. The lowest BCUT2D eigenvalue weighted by molar-refractivity contribution is 0.0950. The number of nitrogens with one attached hydrogen (secondary N) is 2. The number of fused-ring (bicyclic) bond motifs is 1. The average molecular weight is 337 g/mol. The standard InChI is InChI=1S/C15H16FN3O3S/c16-10-4-6-11(7-5-10)23(21,22)9-8-17-15(20)14-12-2-1-3-13(12)18-19-14/h4-7H,1-3,8-9H2,(H,17,20)(H,18,19). The molecule has 1 amide bonds. The van der Waals surface area contributed by atoms with Crippen LogP contribution < -0.4 is 5.32 Å². The van der Waals surface area contributed by atoms with Crippen molar-refractivity contribution in [2.75, 3.05) is 12.3 Å². The third kappa shape index (κ3) is 3.26. The second-order valence-corrected chi connectivity index (χ2v) is 7.52. The van der Waals surface area contributed by atoms with E-state index < -0.39 is 15.7 Å². The van der Waals surface area contributed by atoms with E-state index in [2.05, 4.69) is 15.5 Å². The fraction of sp³-hybridized carbons (Fsp3) is 0.333. The zero-order valence-electron chi connectivity index (χ0n) is 12.3. The first-order valence-corrected chi connectivity index (χ1v) is 8.95. The lowest BCUT2D eigenvalue weighted by Crippen LogP contribution is -2.30. The Morgan fingerprint density at radius 3 is 2.74 bits per heavy atom. The van der Waals surface area contributed by atoms with Gasteiger partial charge in [-0.25, -0.2) is 12.8 Å². The summed E-state index contributed by atoms with van der Waals surface area (Å²) >= 11 is 0. The number of rotatable bonds is 5. The van der Waals surface area contributed by atoms with Gasteiger partial charge in [-0.15, -0.1) is 0 Å². The molecule has 1 aromatic heterocycles. The number of aryl methyl sites for hydroxylation is 1. The van der Waals surface area contributed by atoms with Crippen molar-refractivity contribution in [3.05, 3.63) is 47.0 Å². The fourth-order valence-corrected chi connectivity index (χ4v) is 3.81. The highest BCUT2D eigenvalue weighted by molar-refractivity contribution is 7.91. The molecule has 0 fully saturated rings. The topological polar surface area (TPSA) is 91.9 Å². The normalized spacial score (nSPS) is 13.8. The second-order valence-electron chi connectivity index (χ2n) is 5.41. The predicted molar refractivity (Wildman–Crippen MR) is 81.4 cm³/mol. The minimum atomic E-state index is -3.56. The zero-order valence-corrected chi connectivity index (χ0v) is 13.1. The summed E-state index contributed by atoms with van der Waals surface area (Å²) in [5, 5.41) is 9.41. The average Bonchev–Trinajstić information content (AvgIpc) is 3.10. The molecule has 0 bridgehead atoms. The van der Waals surface area contributed by atoms with E-state index in [1.807, 2.05) is 0 Å². The molecule has 1 aromatic carbocycles. The Bertz CT molecular complexity index is 828. The summed E-state index contributed by atoms with van der Waals surface area (Å²) in [6.45, 7) is -0.0276. The van der Waals surface area contributed by atoms with Crippen LogP contribution in [0.25, 0.3) is 0 Å². The minimum absolute atomic E-state index is 0.0276. The number of aromatic nitrogens is 2. The van der Waals surface area contributed by atoms with E-state index in [1.165, 1.54) is 12.1 Å². The molecule has 0 spiro atoms. The quantitative estimate of drug-likeness (QED) is 0.803. The van der Waals surface area contributed by atoms with Gasteiger partial charge in [0.25, 0.3) is 5.91 Å². The summed E-state index contributed by atoms with van der Waals surface area (Å²) in [5.41, 5.74) is 2.25. The number of hydrogen-bond acceptors (Lipinski definition) is 4. The van der Waals surface area contributed by atoms with Crippen molar-refractivity contribution < 1.29 is 17.6 Å². The molecule has 1 heterocycles. The molecule has 1 aliphatic carbocycles. The minimum Gasteiger partial charge on any atom is -0.350 e. The van der Waals surface area contributed by atoms with Gasteiger partial charge in [0.1, 0.15) is 5.82 Å². The molecule has 3 rings (SSSR count). The van der Waals surface area contributed by atoms with E-state index in [-0.39, 0.29) is 23.1 Å². The van der Waals surface area contributed by atoms with Crippen molar-refractivity contribution in [1.29, 1.82) is 0 Å². The van der Waals surface area contributed by atoms with Crippen molar-refractivity contribution in [3.63, 3.8) is 0 Å². The lowest BCUT2D eigenvalue weighted by atomic mass is 10.2. The molecule has 1 aliphatic rings. The van der Waals surface area contributed by atoms with Gasteiger partial charge in [0.05, 0.1) is 10.6 Å². The van der Waals surface area contributed by atoms with Crippen LogP contribution in [-0.2, 0) is 22.7 Å². The summed E-state index contributed by atoms with van der Waals surface area (Å²) in [6.07, 6.45) is 2.68. The lowest BCUT2D eigenvalue weighted by Gasteiger charge is -2.06. The van der Waals surface area contributed by atoms with Gasteiger partial charge in [-0.05, 0) is 43.5 Å². The molecule has 23 heavy (non-hydrogen) atoms. The molecule has 6 nitrogen and oxygen atoms in total. The molecule has 8 heteroatoms. The maximum Gasteiger partial charge on any atom is 0.272 e. The van der Waals surface area contributed by atoms with E-state index in [0.29, 0.717) is 5.69 Å². The fourth-order valence-electron chi connectivity index (χ4n) is 2.65. The van der Waals surface area contributed by atoms with E-state index in [0.717, 1.165) is 42.7 Å². The van der Waals surface area contributed by atoms with Gasteiger partial charge in [-0.2, -0.15) is 5.10 Å². The van der Waals surface area contributed by atoms with Gasteiger partial charge in [-0.3, -0.25) is 9.89 Å². The van der Waals surface area contributed by atoms with Crippen LogP contribution in [-0.4, -0.2) is 36.8 Å². The number of carbonyl (C=O) groups excluding carboxylic acids is 1. The number of amides is 1. The van der Waals surface area contributed by atoms with Gasteiger partial charge < -0.3 is 5.32 Å². The van der Waals surface area contributed by atoms with Crippen molar-refractivity contribution in [2.45, 2.75) is 24.2 Å². The number of halogens is 1. The Kier molecular flexibility index (Phi) is 4.16. The van der Waals surface area contributed by atoms with E-state index in [9.17, 15) is 17.6 Å². The number of H-pyrrole nitrogens is 1. The Hall–Kier alpha value is -2.22. The third-order valence-electron chi connectivity index (χ3n) is 3.85. The van der Waals surface area contributed by atoms with Crippen LogP contribution in [0, 0.1) is 5.82 Å². The van der Waals surface area contributed by atoms with Crippen LogP contribution in [0.3, 0.4) is 0 Å². The molecule has 2 aromatic rings. The van der Waals surface area contributed by atoms with Crippen LogP contribution in [0.2, 0.25) is 0 Å². The van der Waals surface area contributed by atoms with Gasteiger partial charge in [0, 0.05) is 17.8 Å². The Balaban J connectivity index is 1.60. The highest BCUT2D eigenvalue weighted by atomic mass is 32.2. The molecule has 0 atom stereocenters. The molecule has 0 saturated heterocycles. The number of sulfone groups is 1. The van der Waals surface area contributed by atoms with Crippen molar-refractivity contribution in [2.24, 2.45) is 0 Å². The van der Waals surface area contributed by atoms with Gasteiger partial charge in [-0.1, -0.05) is 0 Å². The van der Waals surface area contributed by atoms with Crippen LogP contribution in [0.5, 0.6) is 0 Å². The maximum absolute atomic E-state index is 12.8. The summed E-state index contributed by atoms with van der Waals surface area (Å²) in [6, 6.07) is 4.62. The van der Waals surface area contributed by atoms with E-state index in [1.54, 1.807) is 0 Å². The third-order valence-corrected chi connectivity index (χ3v) is 5.58. The van der Waals surface area contributed by atoms with Gasteiger partial charge in [0.15, 0.2) is 15.5 Å². The Labute approximate surface area is 133 Å². The second kappa shape index (κ2) is 6.11. The monoisotopic (exact) mass is 337 g/mol. The first-order valence-electron chi connectivity index (χ1n) is 7.30. The summed E-state index contributed by atoms with van der Waals surface area (Å²) in [7, 11) is -3.56. The maximum atomic E-state index is 12.8. The van der Waals surface area contributed by atoms with E-state index >= 15 is 0 Å². The first-order chi connectivity index (χ1) is 11.0. The first kappa shape index (κ1) is 15.7. The predicted octanol–water partition coefficient (Wildman–Crippen LogP) is 1.24. The van der Waals surface area contributed by atoms with Gasteiger partial charge in [0.2, 0.25) is 0 Å². The van der Waals surface area contributed by atoms with Crippen LogP contribution in [0.4, 0.5) is 4.39 Å². The summed E-state index contributed by atoms with van der Waals surface area (Å²) in [5.74, 6) is -1.12. The number of aromatic amines is 1. The van der Waals surface area contributed by atoms with Crippen molar-refractivity contribution in [1.82, 2.24) is 15.5 Å². The number of benzene rings is 1. The van der Waals surface area contributed by atoms with E-state index in [4.69, 9.17) is 0 Å². The molecule has 0 saturated carbocycles. The largest absolute Gasteiger partial charge is 0.350 e. The van der Waals surface area contributed by atoms with Crippen molar-refractivity contribution >= 4 is 15.7 Å². The summed E-state index contributed by atoms with van der Waals surface area (Å²) in [4.78, 5) is 12.1. The molecule has 122 valence electrons. The molecule has 2 N–H and O–H groups in total. The Morgan fingerprint density at radius 1 is 1.26 bits per heavy atom.